The normalized spacial score (nSPS) is 33.2. The average molecular weight is 328 g/mol. The van der Waals surface area contributed by atoms with Gasteiger partial charge >= 0.3 is 0 Å². The predicted molar refractivity (Wildman–Crippen MR) is 96.4 cm³/mol. The van der Waals surface area contributed by atoms with Crippen LogP contribution in [-0.4, -0.2) is 22.8 Å². The molecule has 0 unspecified atom stereocenters. The van der Waals surface area contributed by atoms with E-state index in [0.29, 0.717) is 18.4 Å². The maximum atomic E-state index is 12.8. The van der Waals surface area contributed by atoms with Gasteiger partial charge in [-0.15, -0.1) is 0 Å². The SMILES string of the molecule is C=C1C/C=C\[C@]2(C)CC[C@H](/C(C=O)=C/C=C/C(C)(C)O)[C@H]1C(=O)C2. The largest absolute Gasteiger partial charge is 0.386 e. The van der Waals surface area contributed by atoms with E-state index in [4.69, 9.17) is 0 Å². The van der Waals surface area contributed by atoms with Crippen LogP contribution in [-0.2, 0) is 9.59 Å². The molecule has 130 valence electrons. The Labute approximate surface area is 144 Å². The predicted octanol–water partition coefficient (Wildman–Crippen LogP) is 3.95. The quantitative estimate of drug-likeness (QED) is 0.368. The summed E-state index contributed by atoms with van der Waals surface area (Å²) in [6.07, 6.45) is 13.1. The first-order valence-corrected chi connectivity index (χ1v) is 8.60. The fourth-order valence-corrected chi connectivity index (χ4v) is 3.75. The summed E-state index contributed by atoms with van der Waals surface area (Å²) in [5, 5.41) is 9.77. The molecule has 3 heteroatoms. The van der Waals surface area contributed by atoms with Crippen molar-refractivity contribution in [1.29, 1.82) is 0 Å². The van der Waals surface area contributed by atoms with Gasteiger partial charge in [-0.2, -0.15) is 0 Å². The van der Waals surface area contributed by atoms with Crippen LogP contribution in [0.4, 0.5) is 0 Å². The zero-order valence-electron chi connectivity index (χ0n) is 14.9. The number of rotatable bonds is 4. The molecule has 2 rings (SSSR count). The lowest BCUT2D eigenvalue weighted by atomic mass is 9.75. The summed E-state index contributed by atoms with van der Waals surface area (Å²) in [4.78, 5) is 24.5. The Hall–Kier alpha value is -1.74. The van der Waals surface area contributed by atoms with Crippen LogP contribution in [0.1, 0.15) is 46.5 Å². The topological polar surface area (TPSA) is 54.4 Å². The Morgan fingerprint density at radius 3 is 2.79 bits per heavy atom. The highest BCUT2D eigenvalue weighted by Crippen LogP contribution is 2.45. The zero-order chi connectivity index (χ0) is 18.0. The Kier molecular flexibility index (Phi) is 5.44. The Morgan fingerprint density at radius 2 is 2.17 bits per heavy atom. The van der Waals surface area contributed by atoms with E-state index in [2.05, 4.69) is 25.7 Å². The smallest absolute Gasteiger partial charge is 0.146 e. The van der Waals surface area contributed by atoms with Crippen LogP contribution in [0.5, 0.6) is 0 Å². The second-order valence-electron chi connectivity index (χ2n) is 7.98. The summed E-state index contributed by atoms with van der Waals surface area (Å²) < 4.78 is 0. The second-order valence-corrected chi connectivity index (χ2v) is 7.98. The van der Waals surface area contributed by atoms with Gasteiger partial charge in [-0.25, -0.2) is 0 Å². The number of aliphatic hydroxyl groups is 1. The molecule has 0 radical (unpaired) electrons. The van der Waals surface area contributed by atoms with Crippen molar-refractivity contribution in [2.45, 2.75) is 52.1 Å². The number of carbonyl (C=O) groups is 2. The highest BCUT2D eigenvalue weighted by molar-refractivity contribution is 5.88. The second kappa shape index (κ2) is 7.02. The van der Waals surface area contributed by atoms with Crippen LogP contribution in [0, 0.1) is 17.3 Å². The molecule has 3 nitrogen and oxygen atoms in total. The molecule has 1 fully saturated rings. The van der Waals surface area contributed by atoms with Crippen LogP contribution in [0.2, 0.25) is 0 Å². The maximum Gasteiger partial charge on any atom is 0.146 e. The fraction of sp³-hybridized carbons (Fsp3) is 0.524. The van der Waals surface area contributed by atoms with E-state index in [1.807, 2.05) is 0 Å². The highest BCUT2D eigenvalue weighted by Gasteiger charge is 2.41. The molecular formula is C21H28O3. The van der Waals surface area contributed by atoms with E-state index in [-0.39, 0.29) is 23.0 Å². The van der Waals surface area contributed by atoms with E-state index in [1.54, 1.807) is 32.1 Å². The molecule has 2 bridgehead atoms. The van der Waals surface area contributed by atoms with Gasteiger partial charge in [0.1, 0.15) is 12.1 Å². The molecule has 3 atom stereocenters. The van der Waals surface area contributed by atoms with Crippen LogP contribution in [0.25, 0.3) is 0 Å². The average Bonchev–Trinajstić information content (AvgIpc) is 2.54. The van der Waals surface area contributed by atoms with Gasteiger partial charge in [-0.3, -0.25) is 9.59 Å². The minimum atomic E-state index is -0.932. The zero-order valence-corrected chi connectivity index (χ0v) is 14.9. The maximum absolute atomic E-state index is 12.8. The Balaban J connectivity index is 2.39. The number of allylic oxidation sites excluding steroid dienone is 6. The number of aldehydes is 1. The van der Waals surface area contributed by atoms with Crippen LogP contribution in [0.15, 0.2) is 48.1 Å². The monoisotopic (exact) mass is 328 g/mol. The number of hydrogen-bond acceptors (Lipinski definition) is 3. The summed E-state index contributed by atoms with van der Waals surface area (Å²) in [6, 6.07) is 0. The molecule has 0 aromatic carbocycles. The molecule has 24 heavy (non-hydrogen) atoms. The molecule has 1 N–H and O–H groups in total. The van der Waals surface area contributed by atoms with Gasteiger partial charge in [0, 0.05) is 18.3 Å². The third-order valence-electron chi connectivity index (χ3n) is 5.05. The molecule has 1 saturated carbocycles. The first-order valence-electron chi connectivity index (χ1n) is 8.60. The van der Waals surface area contributed by atoms with Crippen molar-refractivity contribution in [3.8, 4) is 0 Å². The molecule has 2 aliphatic carbocycles. The fourth-order valence-electron chi connectivity index (χ4n) is 3.75. The van der Waals surface area contributed by atoms with Crippen molar-refractivity contribution in [2.75, 3.05) is 0 Å². The molecule has 0 spiro atoms. The minimum Gasteiger partial charge on any atom is -0.386 e. The van der Waals surface area contributed by atoms with Gasteiger partial charge in [0.15, 0.2) is 0 Å². The summed E-state index contributed by atoms with van der Waals surface area (Å²) in [5.74, 6) is -0.229. The number of carbonyl (C=O) groups excluding carboxylic acids is 2. The van der Waals surface area contributed by atoms with E-state index in [0.717, 1.165) is 24.7 Å². The van der Waals surface area contributed by atoms with Crippen molar-refractivity contribution in [3.63, 3.8) is 0 Å². The van der Waals surface area contributed by atoms with Gasteiger partial charge in [0.2, 0.25) is 0 Å². The number of ketones is 1. The summed E-state index contributed by atoms with van der Waals surface area (Å²) in [6.45, 7) is 9.60. The Bertz CT molecular complexity index is 615. The Morgan fingerprint density at radius 1 is 1.46 bits per heavy atom. The van der Waals surface area contributed by atoms with Crippen LogP contribution >= 0.6 is 0 Å². The number of hydrogen-bond donors (Lipinski definition) is 1. The molecule has 0 aromatic heterocycles. The molecule has 0 aromatic rings. The van der Waals surface area contributed by atoms with Crippen molar-refractivity contribution < 1.29 is 14.7 Å². The summed E-state index contributed by atoms with van der Waals surface area (Å²) in [7, 11) is 0. The first kappa shape index (κ1) is 18.6. The van der Waals surface area contributed by atoms with Gasteiger partial charge in [0.05, 0.1) is 5.60 Å². The minimum absolute atomic E-state index is 0.123. The van der Waals surface area contributed by atoms with E-state index < -0.39 is 5.60 Å². The molecule has 0 aliphatic heterocycles. The van der Waals surface area contributed by atoms with Crippen molar-refractivity contribution in [3.05, 3.63) is 48.1 Å². The summed E-state index contributed by atoms with van der Waals surface area (Å²) >= 11 is 0. The van der Waals surface area contributed by atoms with Gasteiger partial charge in [0.25, 0.3) is 0 Å². The highest BCUT2D eigenvalue weighted by atomic mass is 16.3. The third kappa shape index (κ3) is 4.41. The molecular weight excluding hydrogens is 300 g/mol. The molecule has 0 amide bonds. The van der Waals surface area contributed by atoms with Crippen LogP contribution < -0.4 is 0 Å². The van der Waals surface area contributed by atoms with Gasteiger partial charge in [-0.05, 0) is 44.1 Å². The lowest BCUT2D eigenvalue weighted by Gasteiger charge is -2.27. The first-order chi connectivity index (χ1) is 11.2. The molecule has 0 saturated heterocycles. The number of fused-ring (bicyclic) bond motifs is 3. The van der Waals surface area contributed by atoms with Crippen LogP contribution in [0.3, 0.4) is 0 Å². The van der Waals surface area contributed by atoms with Crippen molar-refractivity contribution in [1.82, 2.24) is 0 Å². The van der Waals surface area contributed by atoms with E-state index in [1.165, 1.54) is 0 Å². The van der Waals surface area contributed by atoms with Crippen molar-refractivity contribution in [2.24, 2.45) is 17.3 Å². The molecule has 2 aliphatic rings. The number of Topliss-reactive ketones (excluding diaryl/α,β-unsaturated/α-hetero) is 1. The lowest BCUT2D eigenvalue weighted by Crippen LogP contribution is -2.27. The lowest BCUT2D eigenvalue weighted by molar-refractivity contribution is -0.123. The van der Waals surface area contributed by atoms with E-state index in [9.17, 15) is 14.7 Å². The van der Waals surface area contributed by atoms with E-state index >= 15 is 0 Å². The van der Waals surface area contributed by atoms with Crippen molar-refractivity contribution >= 4 is 12.1 Å². The third-order valence-corrected chi connectivity index (χ3v) is 5.05. The van der Waals surface area contributed by atoms with Gasteiger partial charge in [-0.1, -0.05) is 49.5 Å². The molecule has 0 heterocycles. The van der Waals surface area contributed by atoms with Gasteiger partial charge < -0.3 is 5.11 Å². The standard InChI is InChI=1S/C21H28O3/c1-15-7-5-11-21(4)12-9-17(19(15)18(23)13-21)16(14-22)8-6-10-20(2,3)24/h5-6,8,10-11,14,17,19,24H,1,7,9,12-13H2,2-4H3/b10-6+,11-5-,16-8+/t17-,19+,21-/m1/s1. The summed E-state index contributed by atoms with van der Waals surface area (Å²) in [5.41, 5.74) is 0.449.